The van der Waals surface area contributed by atoms with Gasteiger partial charge in [-0.2, -0.15) is 13.2 Å². The van der Waals surface area contributed by atoms with Gasteiger partial charge < -0.3 is 20.1 Å². The van der Waals surface area contributed by atoms with Gasteiger partial charge in [-0.15, -0.1) is 0 Å². The van der Waals surface area contributed by atoms with Crippen LogP contribution in [0, 0.1) is 5.92 Å². The summed E-state index contributed by atoms with van der Waals surface area (Å²) in [4.78, 5) is 49.5. The standard InChI is InChI=1S/C24H33F3N2O6S/c1-7-35-21(32)18(13-34-12-16-9-8-10-17(11-16)24(25,26)27)28-22(33)23(5,6)29-20(31)19(14(2)3)36-15(4)30/h8-11,14,18-19H,7,12-13H2,1-6H3,(H,28,33)(H,29,31)/t18-,19-/m0/s1. The predicted octanol–water partition coefficient (Wildman–Crippen LogP) is 3.47. The number of rotatable bonds is 12. The number of hydrogen-bond donors (Lipinski definition) is 2. The van der Waals surface area contributed by atoms with E-state index in [1.807, 2.05) is 0 Å². The van der Waals surface area contributed by atoms with Gasteiger partial charge in [-0.3, -0.25) is 14.4 Å². The first kappa shape index (κ1) is 31.4. The number of halogens is 3. The Morgan fingerprint density at radius 1 is 1.11 bits per heavy atom. The fourth-order valence-electron chi connectivity index (χ4n) is 2.99. The van der Waals surface area contributed by atoms with Crippen molar-refractivity contribution in [1.82, 2.24) is 10.6 Å². The number of nitrogens with one attached hydrogen (secondary N) is 2. The largest absolute Gasteiger partial charge is 0.464 e. The van der Waals surface area contributed by atoms with Crippen LogP contribution in [0.4, 0.5) is 13.2 Å². The molecule has 2 N–H and O–H groups in total. The molecule has 0 unspecified atom stereocenters. The third-order valence-electron chi connectivity index (χ3n) is 4.84. The summed E-state index contributed by atoms with van der Waals surface area (Å²) in [7, 11) is 0. The van der Waals surface area contributed by atoms with Crippen LogP contribution in [-0.2, 0) is 41.4 Å². The zero-order valence-corrected chi connectivity index (χ0v) is 22.0. The van der Waals surface area contributed by atoms with Crippen LogP contribution in [-0.4, -0.2) is 52.9 Å². The predicted molar refractivity (Wildman–Crippen MR) is 129 cm³/mol. The van der Waals surface area contributed by atoms with E-state index in [1.54, 1.807) is 20.8 Å². The smallest absolute Gasteiger partial charge is 0.416 e. The number of ether oxygens (including phenoxy) is 2. The summed E-state index contributed by atoms with van der Waals surface area (Å²) < 4.78 is 49.1. The lowest BCUT2D eigenvalue weighted by atomic mass is 10.0. The number of esters is 1. The van der Waals surface area contributed by atoms with Gasteiger partial charge in [0, 0.05) is 6.92 Å². The van der Waals surface area contributed by atoms with Crippen molar-refractivity contribution in [3.8, 4) is 0 Å². The summed E-state index contributed by atoms with van der Waals surface area (Å²) in [5.41, 5.74) is -2.07. The molecule has 0 bridgehead atoms. The Kier molecular flexibility index (Phi) is 11.9. The number of hydrogen-bond acceptors (Lipinski definition) is 7. The molecule has 0 spiro atoms. The summed E-state index contributed by atoms with van der Waals surface area (Å²) >= 11 is 0.858. The second kappa shape index (κ2) is 13.6. The Morgan fingerprint density at radius 3 is 2.28 bits per heavy atom. The molecule has 36 heavy (non-hydrogen) atoms. The van der Waals surface area contributed by atoms with Crippen LogP contribution in [0.1, 0.15) is 52.7 Å². The zero-order chi connectivity index (χ0) is 27.7. The molecule has 2 amide bonds. The highest BCUT2D eigenvalue weighted by molar-refractivity contribution is 8.14. The van der Waals surface area contributed by atoms with Gasteiger partial charge in [-0.05, 0) is 44.4 Å². The fraction of sp³-hybridized carbons (Fsp3) is 0.583. The average Bonchev–Trinajstić information content (AvgIpc) is 2.75. The van der Waals surface area contributed by atoms with Crippen molar-refractivity contribution < 1.29 is 41.8 Å². The zero-order valence-electron chi connectivity index (χ0n) is 21.2. The van der Waals surface area contributed by atoms with E-state index in [2.05, 4.69) is 10.6 Å². The molecule has 0 fully saturated rings. The van der Waals surface area contributed by atoms with E-state index in [9.17, 15) is 32.3 Å². The quantitative estimate of drug-likeness (QED) is 0.395. The van der Waals surface area contributed by atoms with Gasteiger partial charge in [-0.25, -0.2) is 4.79 Å². The van der Waals surface area contributed by atoms with Crippen LogP contribution in [0.15, 0.2) is 24.3 Å². The van der Waals surface area contributed by atoms with E-state index in [1.165, 1.54) is 32.9 Å². The molecular weight excluding hydrogens is 501 g/mol. The van der Waals surface area contributed by atoms with Crippen molar-refractivity contribution >= 4 is 34.7 Å². The molecule has 0 aliphatic carbocycles. The molecule has 0 aliphatic rings. The lowest BCUT2D eigenvalue weighted by Crippen LogP contribution is -2.60. The minimum Gasteiger partial charge on any atom is -0.464 e. The summed E-state index contributed by atoms with van der Waals surface area (Å²) in [5, 5.41) is 4.11. The first-order chi connectivity index (χ1) is 16.6. The highest BCUT2D eigenvalue weighted by Crippen LogP contribution is 2.29. The molecular formula is C24H33F3N2O6S. The number of benzene rings is 1. The van der Waals surface area contributed by atoms with Crippen LogP contribution in [0.25, 0.3) is 0 Å². The molecule has 1 rings (SSSR count). The normalized spacial score (nSPS) is 13.6. The lowest BCUT2D eigenvalue weighted by molar-refractivity contribution is -0.150. The maximum Gasteiger partial charge on any atom is 0.416 e. The molecule has 0 heterocycles. The van der Waals surface area contributed by atoms with Crippen molar-refractivity contribution in [2.75, 3.05) is 13.2 Å². The maximum atomic E-state index is 12.9. The first-order valence-corrected chi connectivity index (χ1v) is 12.2. The van der Waals surface area contributed by atoms with E-state index >= 15 is 0 Å². The van der Waals surface area contributed by atoms with Gasteiger partial charge in [0.25, 0.3) is 0 Å². The number of alkyl halides is 3. The highest BCUT2D eigenvalue weighted by Gasteiger charge is 2.36. The molecule has 0 aromatic heterocycles. The Morgan fingerprint density at radius 2 is 1.75 bits per heavy atom. The maximum absolute atomic E-state index is 12.9. The molecule has 202 valence electrons. The van der Waals surface area contributed by atoms with Crippen LogP contribution < -0.4 is 10.6 Å². The van der Waals surface area contributed by atoms with Gasteiger partial charge in [-0.1, -0.05) is 37.7 Å². The molecule has 12 heteroatoms. The van der Waals surface area contributed by atoms with Crippen molar-refractivity contribution in [3.05, 3.63) is 35.4 Å². The van der Waals surface area contributed by atoms with E-state index in [0.29, 0.717) is 0 Å². The molecule has 0 radical (unpaired) electrons. The monoisotopic (exact) mass is 534 g/mol. The van der Waals surface area contributed by atoms with Gasteiger partial charge in [0.15, 0.2) is 11.2 Å². The van der Waals surface area contributed by atoms with E-state index < -0.39 is 46.4 Å². The second-order valence-corrected chi connectivity index (χ2v) is 10.2. The number of carbonyl (C=O) groups excluding carboxylic acids is 4. The molecule has 1 aromatic rings. The molecule has 0 saturated heterocycles. The SMILES string of the molecule is CCOC(=O)[C@H](COCc1cccc(C(F)(F)F)c1)NC(=O)C(C)(C)NC(=O)[C@@H](SC(C)=O)C(C)C. The van der Waals surface area contributed by atoms with Crippen LogP contribution >= 0.6 is 11.8 Å². The third kappa shape index (κ3) is 10.2. The summed E-state index contributed by atoms with van der Waals surface area (Å²) in [5.74, 6) is -2.22. The Labute approximate surface area is 213 Å². The second-order valence-electron chi connectivity index (χ2n) is 8.88. The lowest BCUT2D eigenvalue weighted by Gasteiger charge is -2.30. The third-order valence-corrected chi connectivity index (χ3v) is 6.19. The summed E-state index contributed by atoms with van der Waals surface area (Å²) in [6.07, 6.45) is -4.51. The van der Waals surface area contributed by atoms with Crippen LogP contribution in [0.2, 0.25) is 0 Å². The number of carbonyl (C=O) groups is 4. The summed E-state index contributed by atoms with van der Waals surface area (Å²) in [6.45, 7) is 8.73. The van der Waals surface area contributed by atoms with Gasteiger partial charge in [0.2, 0.25) is 11.8 Å². The van der Waals surface area contributed by atoms with Crippen molar-refractivity contribution in [3.63, 3.8) is 0 Å². The van der Waals surface area contributed by atoms with Crippen molar-refractivity contribution in [2.45, 2.75) is 71.2 Å². The minimum absolute atomic E-state index is 0.0251. The van der Waals surface area contributed by atoms with Gasteiger partial charge >= 0.3 is 12.1 Å². The van der Waals surface area contributed by atoms with Crippen molar-refractivity contribution in [1.29, 1.82) is 0 Å². The van der Waals surface area contributed by atoms with E-state index in [0.717, 1.165) is 23.9 Å². The van der Waals surface area contributed by atoms with Gasteiger partial charge in [0.1, 0.15) is 5.54 Å². The topological polar surface area (TPSA) is 111 Å². The average molecular weight is 535 g/mol. The first-order valence-electron chi connectivity index (χ1n) is 11.3. The van der Waals surface area contributed by atoms with Crippen LogP contribution in [0.3, 0.4) is 0 Å². The summed E-state index contributed by atoms with van der Waals surface area (Å²) in [6, 6.07) is 3.27. The highest BCUT2D eigenvalue weighted by atomic mass is 32.2. The molecule has 0 aliphatic heterocycles. The Bertz CT molecular complexity index is 937. The minimum atomic E-state index is -4.51. The van der Waals surface area contributed by atoms with Crippen molar-refractivity contribution in [2.24, 2.45) is 5.92 Å². The Hall–Kier alpha value is -2.60. The molecule has 1 aromatic carbocycles. The van der Waals surface area contributed by atoms with Crippen LogP contribution in [0.5, 0.6) is 0 Å². The molecule has 0 saturated carbocycles. The molecule has 2 atom stereocenters. The Balaban J connectivity index is 2.88. The molecule has 8 nitrogen and oxygen atoms in total. The fourth-order valence-corrected chi connectivity index (χ4v) is 3.78. The number of thioether (sulfide) groups is 1. The van der Waals surface area contributed by atoms with Gasteiger partial charge in [0.05, 0.1) is 30.6 Å². The number of amides is 2. The van der Waals surface area contributed by atoms with E-state index in [4.69, 9.17) is 9.47 Å². The van der Waals surface area contributed by atoms with E-state index in [-0.39, 0.29) is 36.4 Å².